The number of anilines is 1. The molecule has 1 aliphatic rings. The largest absolute Gasteiger partial charge is 0.365 e. The first-order valence-corrected chi connectivity index (χ1v) is 9.07. The summed E-state index contributed by atoms with van der Waals surface area (Å²) in [7, 11) is 0. The standard InChI is InChI=1S/C18H21N3O2S/c1-2-3-11-4-5-13-14(10-11)24-18(15(13)16(19)22)21-17(23)12-6-8-20-9-7-12/h6-9,11H,2-5,10H2,1H3,(H2,19,22)(H,21,23)/t11-/m0/s1. The molecule has 5 nitrogen and oxygen atoms in total. The average Bonchev–Trinajstić information content (AvgIpc) is 2.93. The van der Waals surface area contributed by atoms with Crippen LogP contribution in [0.15, 0.2) is 24.5 Å². The second kappa shape index (κ2) is 7.13. The van der Waals surface area contributed by atoms with Crippen LogP contribution in [0.5, 0.6) is 0 Å². The molecule has 0 spiro atoms. The van der Waals surface area contributed by atoms with Crippen LogP contribution >= 0.6 is 11.3 Å². The normalized spacial score (nSPS) is 16.5. The molecule has 2 amide bonds. The summed E-state index contributed by atoms with van der Waals surface area (Å²) in [6.45, 7) is 2.19. The Labute approximate surface area is 145 Å². The Balaban J connectivity index is 1.88. The second-order valence-corrected chi connectivity index (χ2v) is 7.26. The molecular weight excluding hydrogens is 322 g/mol. The number of nitrogens with zero attached hydrogens (tertiary/aromatic N) is 1. The zero-order valence-corrected chi connectivity index (χ0v) is 14.5. The van der Waals surface area contributed by atoms with Crippen LogP contribution in [0.1, 0.15) is 57.3 Å². The molecule has 0 bridgehead atoms. The molecule has 0 fully saturated rings. The van der Waals surface area contributed by atoms with Crippen molar-refractivity contribution in [3.63, 3.8) is 0 Å². The summed E-state index contributed by atoms with van der Waals surface area (Å²) >= 11 is 1.49. The van der Waals surface area contributed by atoms with Gasteiger partial charge in [0.05, 0.1) is 5.56 Å². The summed E-state index contributed by atoms with van der Waals surface area (Å²) in [5, 5.41) is 3.44. The minimum atomic E-state index is -0.466. The third kappa shape index (κ3) is 3.33. The maximum atomic E-state index is 12.4. The van der Waals surface area contributed by atoms with E-state index in [4.69, 9.17) is 5.73 Å². The Morgan fingerprint density at radius 3 is 2.79 bits per heavy atom. The van der Waals surface area contributed by atoms with Gasteiger partial charge in [-0.15, -0.1) is 11.3 Å². The van der Waals surface area contributed by atoms with E-state index in [0.29, 0.717) is 22.0 Å². The van der Waals surface area contributed by atoms with E-state index in [1.165, 1.54) is 29.1 Å². The number of fused-ring (bicyclic) bond motifs is 1. The Kier molecular flexibility index (Phi) is 4.94. The molecule has 0 aromatic carbocycles. The number of thiophene rings is 1. The number of hydrogen-bond acceptors (Lipinski definition) is 4. The molecule has 3 rings (SSSR count). The Morgan fingerprint density at radius 2 is 2.12 bits per heavy atom. The van der Waals surface area contributed by atoms with Crippen molar-refractivity contribution in [2.24, 2.45) is 11.7 Å². The van der Waals surface area contributed by atoms with Crippen LogP contribution in [0, 0.1) is 5.92 Å². The van der Waals surface area contributed by atoms with Crippen molar-refractivity contribution in [3.8, 4) is 0 Å². The van der Waals surface area contributed by atoms with Crippen LogP contribution in [0.25, 0.3) is 0 Å². The number of carbonyl (C=O) groups is 2. The fraction of sp³-hybridized carbons (Fsp3) is 0.389. The Bertz CT molecular complexity index is 755. The molecule has 1 atom stereocenters. The summed E-state index contributed by atoms with van der Waals surface area (Å²) in [6, 6.07) is 3.29. The van der Waals surface area contributed by atoms with Crippen molar-refractivity contribution in [1.29, 1.82) is 0 Å². The van der Waals surface area contributed by atoms with Gasteiger partial charge in [0.1, 0.15) is 5.00 Å². The van der Waals surface area contributed by atoms with Crippen LogP contribution in [0.2, 0.25) is 0 Å². The van der Waals surface area contributed by atoms with Gasteiger partial charge >= 0.3 is 0 Å². The maximum absolute atomic E-state index is 12.4. The molecule has 126 valence electrons. The lowest BCUT2D eigenvalue weighted by Crippen LogP contribution is -2.20. The van der Waals surface area contributed by atoms with E-state index >= 15 is 0 Å². The molecule has 6 heteroatoms. The van der Waals surface area contributed by atoms with Gasteiger partial charge < -0.3 is 11.1 Å². The molecule has 0 radical (unpaired) electrons. The molecule has 1 aliphatic carbocycles. The molecule has 2 heterocycles. The highest BCUT2D eigenvalue weighted by molar-refractivity contribution is 7.17. The number of primary amides is 1. The van der Waals surface area contributed by atoms with E-state index < -0.39 is 5.91 Å². The van der Waals surface area contributed by atoms with Gasteiger partial charge in [-0.05, 0) is 42.9 Å². The summed E-state index contributed by atoms with van der Waals surface area (Å²) in [4.78, 5) is 29.4. The van der Waals surface area contributed by atoms with E-state index in [2.05, 4.69) is 17.2 Å². The van der Waals surface area contributed by atoms with Gasteiger partial charge in [0, 0.05) is 22.8 Å². The highest BCUT2D eigenvalue weighted by atomic mass is 32.1. The second-order valence-electron chi connectivity index (χ2n) is 6.16. The van der Waals surface area contributed by atoms with E-state index in [9.17, 15) is 9.59 Å². The molecule has 0 saturated carbocycles. The molecule has 24 heavy (non-hydrogen) atoms. The number of amides is 2. The number of hydrogen-bond donors (Lipinski definition) is 2. The zero-order valence-electron chi connectivity index (χ0n) is 13.7. The van der Waals surface area contributed by atoms with E-state index in [-0.39, 0.29) is 5.91 Å². The SMILES string of the molecule is CCC[C@H]1CCc2c(sc(NC(=O)c3ccncc3)c2C(N)=O)C1. The number of pyridine rings is 1. The van der Waals surface area contributed by atoms with Crippen molar-refractivity contribution in [1.82, 2.24) is 4.98 Å². The van der Waals surface area contributed by atoms with Gasteiger partial charge in [-0.1, -0.05) is 19.8 Å². The lowest BCUT2D eigenvalue weighted by molar-refractivity contribution is 0.1000. The fourth-order valence-electron chi connectivity index (χ4n) is 3.34. The first-order valence-electron chi connectivity index (χ1n) is 8.25. The van der Waals surface area contributed by atoms with Crippen LogP contribution in [0.4, 0.5) is 5.00 Å². The summed E-state index contributed by atoms with van der Waals surface area (Å²) in [5.41, 5.74) is 7.63. The Hall–Kier alpha value is -2.21. The van der Waals surface area contributed by atoms with Gasteiger partial charge in [-0.2, -0.15) is 0 Å². The number of nitrogens with two attached hydrogens (primary N) is 1. The molecule has 0 saturated heterocycles. The topological polar surface area (TPSA) is 85.1 Å². The minimum absolute atomic E-state index is 0.247. The zero-order chi connectivity index (χ0) is 17.1. The van der Waals surface area contributed by atoms with Gasteiger partial charge in [0.2, 0.25) is 0 Å². The molecule has 2 aromatic heterocycles. The third-order valence-corrected chi connectivity index (χ3v) is 5.65. The minimum Gasteiger partial charge on any atom is -0.365 e. The van der Waals surface area contributed by atoms with Gasteiger partial charge in [-0.3, -0.25) is 14.6 Å². The first kappa shape index (κ1) is 16.6. The van der Waals surface area contributed by atoms with Crippen LogP contribution in [-0.4, -0.2) is 16.8 Å². The van der Waals surface area contributed by atoms with Crippen molar-refractivity contribution in [2.75, 3.05) is 5.32 Å². The third-order valence-electron chi connectivity index (χ3n) is 4.48. The Morgan fingerprint density at radius 1 is 1.38 bits per heavy atom. The van der Waals surface area contributed by atoms with Crippen molar-refractivity contribution >= 4 is 28.2 Å². The summed E-state index contributed by atoms with van der Waals surface area (Å²) in [5.74, 6) is -0.0549. The molecule has 2 aromatic rings. The molecule has 0 unspecified atom stereocenters. The highest BCUT2D eigenvalue weighted by Gasteiger charge is 2.28. The molecule has 0 aliphatic heterocycles. The molecule has 3 N–H and O–H groups in total. The number of carbonyl (C=O) groups excluding carboxylic acids is 2. The maximum Gasteiger partial charge on any atom is 0.256 e. The fourth-order valence-corrected chi connectivity index (χ4v) is 4.70. The van der Waals surface area contributed by atoms with E-state index in [1.807, 2.05) is 0 Å². The predicted molar refractivity (Wildman–Crippen MR) is 95.5 cm³/mol. The lowest BCUT2D eigenvalue weighted by atomic mass is 9.84. The van der Waals surface area contributed by atoms with Gasteiger partial charge in [0.15, 0.2) is 0 Å². The summed E-state index contributed by atoms with van der Waals surface area (Å²) < 4.78 is 0. The van der Waals surface area contributed by atoms with Crippen molar-refractivity contribution in [3.05, 3.63) is 46.1 Å². The van der Waals surface area contributed by atoms with Crippen LogP contribution in [-0.2, 0) is 12.8 Å². The number of rotatable bonds is 5. The predicted octanol–water partition coefficient (Wildman–Crippen LogP) is 3.40. The molecular formula is C18H21N3O2S. The summed E-state index contributed by atoms with van der Waals surface area (Å²) in [6.07, 6.45) is 8.41. The van der Waals surface area contributed by atoms with Crippen LogP contribution in [0.3, 0.4) is 0 Å². The lowest BCUT2D eigenvalue weighted by Gasteiger charge is -2.21. The monoisotopic (exact) mass is 343 g/mol. The van der Waals surface area contributed by atoms with Crippen LogP contribution < -0.4 is 11.1 Å². The van der Waals surface area contributed by atoms with Gasteiger partial charge in [-0.25, -0.2) is 0 Å². The van der Waals surface area contributed by atoms with Gasteiger partial charge in [0.25, 0.3) is 11.8 Å². The highest BCUT2D eigenvalue weighted by Crippen LogP contribution is 2.40. The van der Waals surface area contributed by atoms with E-state index in [0.717, 1.165) is 24.8 Å². The first-order chi connectivity index (χ1) is 11.6. The number of nitrogens with one attached hydrogen (secondary N) is 1. The van der Waals surface area contributed by atoms with Crippen molar-refractivity contribution < 1.29 is 9.59 Å². The van der Waals surface area contributed by atoms with E-state index in [1.54, 1.807) is 24.5 Å². The number of aromatic nitrogens is 1. The van der Waals surface area contributed by atoms with Crippen molar-refractivity contribution in [2.45, 2.75) is 39.0 Å². The quantitative estimate of drug-likeness (QED) is 0.872. The smallest absolute Gasteiger partial charge is 0.256 e. The average molecular weight is 343 g/mol.